The van der Waals surface area contributed by atoms with Gasteiger partial charge in [-0.25, -0.2) is 4.98 Å². The fourth-order valence-corrected chi connectivity index (χ4v) is 4.33. The molecule has 0 saturated heterocycles. The molecule has 1 heterocycles. The summed E-state index contributed by atoms with van der Waals surface area (Å²) < 4.78 is 1.59. The molecule has 4 rings (SSSR count). The van der Waals surface area contributed by atoms with Crippen molar-refractivity contribution < 1.29 is 4.79 Å². The van der Waals surface area contributed by atoms with Gasteiger partial charge in [-0.1, -0.05) is 65.3 Å². The summed E-state index contributed by atoms with van der Waals surface area (Å²) >= 11 is 13.3. The van der Waals surface area contributed by atoms with E-state index in [4.69, 9.17) is 23.2 Å². The largest absolute Gasteiger partial charge is 0.325 e. The second-order valence-electron chi connectivity index (χ2n) is 7.18. The highest BCUT2D eigenvalue weighted by atomic mass is 35.5. The molecule has 0 aliphatic heterocycles. The van der Waals surface area contributed by atoms with Gasteiger partial charge in [0.25, 0.3) is 5.56 Å². The zero-order chi connectivity index (χ0) is 22.7. The number of nitrogens with one attached hydrogen (secondary N) is 1. The first-order valence-electron chi connectivity index (χ1n) is 9.84. The van der Waals surface area contributed by atoms with Crippen LogP contribution >= 0.6 is 35.0 Å². The number of carbonyl (C=O) groups is 1. The molecule has 0 aliphatic carbocycles. The Balaban J connectivity index is 1.61. The quantitative estimate of drug-likeness (QED) is 0.278. The maximum Gasteiger partial charge on any atom is 0.262 e. The number of benzene rings is 3. The monoisotopic (exact) mass is 483 g/mol. The van der Waals surface area contributed by atoms with Gasteiger partial charge in [-0.3, -0.25) is 14.2 Å². The molecule has 162 valence electrons. The van der Waals surface area contributed by atoms with E-state index >= 15 is 0 Å². The van der Waals surface area contributed by atoms with Crippen LogP contribution in [0.3, 0.4) is 0 Å². The molecule has 5 nitrogen and oxygen atoms in total. The number of carbonyl (C=O) groups excluding carboxylic acids is 1. The van der Waals surface area contributed by atoms with Crippen molar-refractivity contribution in [1.29, 1.82) is 0 Å². The average molecular weight is 484 g/mol. The Morgan fingerprint density at radius 2 is 1.78 bits per heavy atom. The summed E-state index contributed by atoms with van der Waals surface area (Å²) in [6.07, 6.45) is 0. The van der Waals surface area contributed by atoms with Crippen LogP contribution in [0.25, 0.3) is 10.9 Å². The first-order valence-corrected chi connectivity index (χ1v) is 11.6. The number of nitrogens with zero attached hydrogens (tertiary/aromatic N) is 2. The normalized spacial score (nSPS) is 11.0. The van der Waals surface area contributed by atoms with Crippen LogP contribution < -0.4 is 10.9 Å². The van der Waals surface area contributed by atoms with Crippen molar-refractivity contribution >= 4 is 57.5 Å². The molecular weight excluding hydrogens is 465 g/mol. The second-order valence-corrected chi connectivity index (χ2v) is 8.96. The van der Waals surface area contributed by atoms with E-state index in [1.807, 2.05) is 31.2 Å². The van der Waals surface area contributed by atoms with Crippen molar-refractivity contribution in [2.75, 3.05) is 11.1 Å². The van der Waals surface area contributed by atoms with Crippen molar-refractivity contribution in [3.8, 4) is 0 Å². The molecule has 1 amide bonds. The first-order chi connectivity index (χ1) is 15.4. The first kappa shape index (κ1) is 22.4. The number of thioether (sulfide) groups is 1. The molecule has 4 aromatic rings. The van der Waals surface area contributed by atoms with Crippen LogP contribution in [0.1, 0.15) is 11.1 Å². The van der Waals surface area contributed by atoms with E-state index in [2.05, 4.69) is 10.3 Å². The minimum Gasteiger partial charge on any atom is -0.325 e. The highest BCUT2D eigenvalue weighted by molar-refractivity contribution is 7.99. The van der Waals surface area contributed by atoms with Gasteiger partial charge < -0.3 is 5.32 Å². The molecule has 0 fully saturated rings. The van der Waals surface area contributed by atoms with E-state index in [9.17, 15) is 9.59 Å². The predicted octanol–water partition coefficient (Wildman–Crippen LogP) is 5.79. The molecule has 1 N–H and O–H groups in total. The van der Waals surface area contributed by atoms with Gasteiger partial charge in [0.05, 0.1) is 23.2 Å². The molecule has 3 aromatic carbocycles. The SMILES string of the molecule is Cc1c(Cl)cccc1NC(=O)CSc1nc2ccccc2c(=O)n1Cc1ccc(Cl)cc1. The van der Waals surface area contributed by atoms with Gasteiger partial charge in [0, 0.05) is 15.7 Å². The molecule has 0 atom stereocenters. The molecule has 32 heavy (non-hydrogen) atoms. The summed E-state index contributed by atoms with van der Waals surface area (Å²) in [7, 11) is 0. The van der Waals surface area contributed by atoms with Gasteiger partial charge in [-0.15, -0.1) is 0 Å². The van der Waals surface area contributed by atoms with E-state index in [1.54, 1.807) is 47.0 Å². The van der Waals surface area contributed by atoms with Crippen molar-refractivity contribution in [2.45, 2.75) is 18.6 Å². The molecule has 0 unspecified atom stereocenters. The van der Waals surface area contributed by atoms with Crippen molar-refractivity contribution in [2.24, 2.45) is 0 Å². The number of rotatable bonds is 6. The molecule has 8 heteroatoms. The third-order valence-electron chi connectivity index (χ3n) is 4.95. The summed E-state index contributed by atoms with van der Waals surface area (Å²) in [6.45, 7) is 2.17. The smallest absolute Gasteiger partial charge is 0.262 e. The lowest BCUT2D eigenvalue weighted by molar-refractivity contribution is -0.113. The number of aromatic nitrogens is 2. The fourth-order valence-electron chi connectivity index (χ4n) is 3.23. The van der Waals surface area contributed by atoms with E-state index in [-0.39, 0.29) is 17.2 Å². The van der Waals surface area contributed by atoms with Gasteiger partial charge in [0.1, 0.15) is 0 Å². The highest BCUT2D eigenvalue weighted by Crippen LogP contribution is 2.24. The van der Waals surface area contributed by atoms with E-state index < -0.39 is 0 Å². The van der Waals surface area contributed by atoms with Gasteiger partial charge in [-0.05, 0) is 54.4 Å². The summed E-state index contributed by atoms with van der Waals surface area (Å²) in [5.41, 5.74) is 2.82. The molecule has 0 saturated carbocycles. The molecule has 0 spiro atoms. The number of hydrogen-bond acceptors (Lipinski definition) is 4. The number of halogens is 2. The van der Waals surface area contributed by atoms with Crippen molar-refractivity contribution in [1.82, 2.24) is 9.55 Å². The van der Waals surface area contributed by atoms with Crippen LogP contribution in [-0.2, 0) is 11.3 Å². The zero-order valence-electron chi connectivity index (χ0n) is 17.1. The summed E-state index contributed by atoms with van der Waals surface area (Å²) in [6, 6.07) is 19.9. The Hall–Kier alpha value is -2.80. The molecule has 1 aromatic heterocycles. The van der Waals surface area contributed by atoms with Crippen LogP contribution in [0.2, 0.25) is 10.0 Å². The molecule has 0 radical (unpaired) electrons. The van der Waals surface area contributed by atoms with Crippen LogP contribution in [-0.4, -0.2) is 21.2 Å². The number of fused-ring (bicyclic) bond motifs is 1. The lowest BCUT2D eigenvalue weighted by Crippen LogP contribution is -2.25. The summed E-state index contributed by atoms with van der Waals surface area (Å²) in [5.74, 6) is -0.113. The minimum atomic E-state index is -0.208. The van der Waals surface area contributed by atoms with E-state index in [0.29, 0.717) is 38.3 Å². The number of hydrogen-bond donors (Lipinski definition) is 1. The highest BCUT2D eigenvalue weighted by Gasteiger charge is 2.14. The van der Waals surface area contributed by atoms with Crippen LogP contribution in [0, 0.1) is 6.92 Å². The lowest BCUT2D eigenvalue weighted by Gasteiger charge is -2.14. The van der Waals surface area contributed by atoms with Crippen LogP contribution in [0.15, 0.2) is 76.7 Å². The van der Waals surface area contributed by atoms with Gasteiger partial charge in [0.2, 0.25) is 5.91 Å². The summed E-state index contributed by atoms with van der Waals surface area (Å²) in [5, 5.41) is 5.09. The van der Waals surface area contributed by atoms with Gasteiger partial charge in [0.15, 0.2) is 5.16 Å². The van der Waals surface area contributed by atoms with Crippen LogP contribution in [0.5, 0.6) is 0 Å². The Morgan fingerprint density at radius 1 is 1.03 bits per heavy atom. The Morgan fingerprint density at radius 3 is 2.56 bits per heavy atom. The number of anilines is 1. The second kappa shape index (κ2) is 9.77. The maximum absolute atomic E-state index is 13.2. The maximum atomic E-state index is 13.2. The predicted molar refractivity (Wildman–Crippen MR) is 132 cm³/mol. The average Bonchev–Trinajstić information content (AvgIpc) is 2.79. The number of para-hydroxylation sites is 1. The fraction of sp³-hybridized carbons (Fsp3) is 0.125. The third-order valence-corrected chi connectivity index (χ3v) is 6.59. The van der Waals surface area contributed by atoms with E-state index in [0.717, 1.165) is 11.1 Å². The Labute approximate surface area is 199 Å². The van der Waals surface area contributed by atoms with Crippen molar-refractivity contribution in [3.63, 3.8) is 0 Å². The lowest BCUT2D eigenvalue weighted by atomic mass is 10.2. The zero-order valence-corrected chi connectivity index (χ0v) is 19.5. The summed E-state index contributed by atoms with van der Waals surface area (Å²) in [4.78, 5) is 30.5. The Bertz CT molecular complexity index is 1350. The standard InChI is InChI=1S/C24H19Cl2N3O2S/c1-15-19(26)6-4-8-20(15)27-22(30)14-32-24-28-21-7-3-2-5-18(21)23(31)29(24)13-16-9-11-17(25)12-10-16/h2-12H,13-14H2,1H3,(H,27,30). The van der Waals surface area contributed by atoms with Crippen molar-refractivity contribution in [3.05, 3.63) is 98.3 Å². The molecular formula is C24H19Cl2N3O2S. The van der Waals surface area contributed by atoms with E-state index in [1.165, 1.54) is 11.8 Å². The molecule has 0 bridgehead atoms. The van der Waals surface area contributed by atoms with Crippen LogP contribution in [0.4, 0.5) is 5.69 Å². The Kier molecular flexibility index (Phi) is 6.84. The minimum absolute atomic E-state index is 0.0946. The van der Waals surface area contributed by atoms with Gasteiger partial charge in [-0.2, -0.15) is 0 Å². The topological polar surface area (TPSA) is 64.0 Å². The van der Waals surface area contributed by atoms with Gasteiger partial charge >= 0.3 is 0 Å². The third kappa shape index (κ3) is 4.99. The number of amides is 1. The molecule has 0 aliphatic rings.